The molecule has 2 amide bonds. The summed E-state index contributed by atoms with van der Waals surface area (Å²) in [4.78, 5) is 41.4. The van der Waals surface area contributed by atoms with Gasteiger partial charge in [0.15, 0.2) is 0 Å². The van der Waals surface area contributed by atoms with E-state index >= 15 is 0 Å². The number of likely N-dealkylation sites (tertiary alicyclic amines) is 1. The predicted molar refractivity (Wildman–Crippen MR) is 94.3 cm³/mol. The first kappa shape index (κ1) is 18.7. The molecule has 0 N–H and O–H groups in total. The van der Waals surface area contributed by atoms with Crippen molar-refractivity contribution < 1.29 is 23.9 Å². The molecule has 0 spiro atoms. The highest BCUT2D eigenvalue weighted by molar-refractivity contribution is 5.92. The number of esters is 1. The van der Waals surface area contributed by atoms with E-state index in [0.29, 0.717) is 13.0 Å². The molecule has 3 heterocycles. The van der Waals surface area contributed by atoms with Crippen LogP contribution in [0.25, 0.3) is 0 Å². The van der Waals surface area contributed by atoms with Crippen molar-refractivity contribution in [2.75, 3.05) is 13.2 Å². The quantitative estimate of drug-likeness (QED) is 0.554. The predicted octanol–water partition coefficient (Wildman–Crippen LogP) is 2.10. The summed E-state index contributed by atoms with van der Waals surface area (Å²) >= 11 is 0. The van der Waals surface area contributed by atoms with Crippen LogP contribution in [0.3, 0.4) is 0 Å². The molecule has 3 aliphatic rings. The van der Waals surface area contributed by atoms with Gasteiger partial charge in [-0.1, -0.05) is 12.2 Å². The van der Waals surface area contributed by atoms with E-state index in [1.807, 2.05) is 12.2 Å². The van der Waals surface area contributed by atoms with E-state index in [1.54, 1.807) is 32.6 Å². The fourth-order valence-electron chi connectivity index (χ4n) is 4.10. The summed E-state index contributed by atoms with van der Waals surface area (Å²) in [7, 11) is 0. The van der Waals surface area contributed by atoms with Gasteiger partial charge in [0.05, 0.1) is 12.6 Å². The van der Waals surface area contributed by atoms with Gasteiger partial charge in [0.2, 0.25) is 5.91 Å². The van der Waals surface area contributed by atoms with Crippen LogP contribution in [0.5, 0.6) is 0 Å². The van der Waals surface area contributed by atoms with Crippen LogP contribution in [-0.2, 0) is 19.1 Å². The number of carbonyl (C=O) groups excluding carboxylic acids is 3. The second-order valence-electron chi connectivity index (χ2n) is 8.11. The summed E-state index contributed by atoms with van der Waals surface area (Å²) in [5, 5.41) is 0. The number of amides is 2. The Morgan fingerprint density at radius 3 is 2.58 bits per heavy atom. The number of ether oxygens (including phenoxy) is 2. The zero-order valence-corrected chi connectivity index (χ0v) is 15.9. The summed E-state index contributed by atoms with van der Waals surface area (Å²) in [6.07, 6.45) is 5.61. The highest BCUT2D eigenvalue weighted by Crippen LogP contribution is 2.36. The first-order valence-electron chi connectivity index (χ1n) is 9.39. The SMILES string of the molecule is CCOC(=O)[C@@H]1CCC2C=C[C@H]3CCN(C(=O)OC(C)(C)C)[C@@H]3C(=O)N21. The normalized spacial score (nSPS) is 30.7. The number of hydrogen-bond acceptors (Lipinski definition) is 5. The molecule has 3 aliphatic heterocycles. The lowest BCUT2D eigenvalue weighted by atomic mass is 9.99. The largest absolute Gasteiger partial charge is 0.464 e. The van der Waals surface area contributed by atoms with E-state index < -0.39 is 23.8 Å². The molecule has 0 bridgehead atoms. The molecular formula is C19H28N2O5. The van der Waals surface area contributed by atoms with E-state index in [2.05, 4.69) is 0 Å². The Morgan fingerprint density at radius 2 is 1.92 bits per heavy atom. The summed E-state index contributed by atoms with van der Waals surface area (Å²) in [6, 6.07) is -1.29. The van der Waals surface area contributed by atoms with Crippen molar-refractivity contribution in [3.8, 4) is 0 Å². The fourth-order valence-corrected chi connectivity index (χ4v) is 4.10. The van der Waals surface area contributed by atoms with Crippen molar-refractivity contribution in [1.82, 2.24) is 9.80 Å². The molecule has 0 aromatic carbocycles. The first-order valence-corrected chi connectivity index (χ1v) is 9.39. The topological polar surface area (TPSA) is 76.1 Å². The lowest BCUT2D eigenvalue weighted by Gasteiger charge is -2.33. The molecule has 144 valence electrons. The van der Waals surface area contributed by atoms with Crippen LogP contribution < -0.4 is 0 Å². The Morgan fingerprint density at radius 1 is 1.19 bits per heavy atom. The van der Waals surface area contributed by atoms with Gasteiger partial charge in [0.1, 0.15) is 17.7 Å². The Bertz CT molecular complexity index is 624. The number of fused-ring (bicyclic) bond motifs is 2. The molecule has 0 aliphatic carbocycles. The maximum absolute atomic E-state index is 13.3. The van der Waals surface area contributed by atoms with Crippen LogP contribution in [0, 0.1) is 5.92 Å². The van der Waals surface area contributed by atoms with Crippen LogP contribution in [0.2, 0.25) is 0 Å². The van der Waals surface area contributed by atoms with Crippen LogP contribution in [0.4, 0.5) is 4.79 Å². The van der Waals surface area contributed by atoms with Crippen LogP contribution in [0.15, 0.2) is 12.2 Å². The second kappa shape index (κ2) is 6.93. The summed E-state index contributed by atoms with van der Waals surface area (Å²) < 4.78 is 10.6. The van der Waals surface area contributed by atoms with Crippen molar-refractivity contribution in [2.24, 2.45) is 5.92 Å². The minimum absolute atomic E-state index is 0.0385. The lowest BCUT2D eigenvalue weighted by Crippen LogP contribution is -2.54. The highest BCUT2D eigenvalue weighted by atomic mass is 16.6. The third kappa shape index (κ3) is 3.44. The Balaban J connectivity index is 1.84. The van der Waals surface area contributed by atoms with E-state index in [9.17, 15) is 14.4 Å². The molecule has 0 aromatic heterocycles. The molecule has 2 saturated heterocycles. The molecule has 0 aromatic rings. The van der Waals surface area contributed by atoms with Crippen LogP contribution >= 0.6 is 0 Å². The molecule has 3 rings (SSSR count). The lowest BCUT2D eigenvalue weighted by molar-refractivity contribution is -0.155. The maximum Gasteiger partial charge on any atom is 0.410 e. The minimum Gasteiger partial charge on any atom is -0.464 e. The van der Waals surface area contributed by atoms with Crippen molar-refractivity contribution in [1.29, 1.82) is 0 Å². The summed E-state index contributed by atoms with van der Waals surface area (Å²) in [5.41, 5.74) is -0.623. The summed E-state index contributed by atoms with van der Waals surface area (Å²) in [6.45, 7) is 7.93. The molecule has 7 nitrogen and oxygen atoms in total. The Labute approximate surface area is 154 Å². The van der Waals surface area contributed by atoms with Crippen LogP contribution in [-0.4, -0.2) is 64.6 Å². The molecular weight excluding hydrogens is 336 g/mol. The van der Waals surface area contributed by atoms with Gasteiger partial charge >= 0.3 is 12.1 Å². The maximum atomic E-state index is 13.3. The van der Waals surface area contributed by atoms with Gasteiger partial charge in [-0.2, -0.15) is 0 Å². The molecule has 0 radical (unpaired) electrons. The molecule has 4 atom stereocenters. The zero-order valence-electron chi connectivity index (χ0n) is 15.9. The average molecular weight is 364 g/mol. The third-order valence-electron chi connectivity index (χ3n) is 5.15. The van der Waals surface area contributed by atoms with Gasteiger partial charge < -0.3 is 14.4 Å². The van der Waals surface area contributed by atoms with Crippen molar-refractivity contribution >= 4 is 18.0 Å². The molecule has 7 heteroatoms. The van der Waals surface area contributed by atoms with Gasteiger partial charge in [-0.15, -0.1) is 0 Å². The summed E-state index contributed by atoms with van der Waals surface area (Å²) in [5.74, 6) is -0.579. The fraction of sp³-hybridized carbons (Fsp3) is 0.737. The minimum atomic E-state index is -0.623. The molecule has 26 heavy (non-hydrogen) atoms. The second-order valence-corrected chi connectivity index (χ2v) is 8.11. The van der Waals surface area contributed by atoms with E-state index in [1.165, 1.54) is 4.90 Å². The van der Waals surface area contributed by atoms with Gasteiger partial charge in [-0.05, 0) is 47.0 Å². The monoisotopic (exact) mass is 364 g/mol. The van der Waals surface area contributed by atoms with Crippen molar-refractivity contribution in [2.45, 2.75) is 70.7 Å². The van der Waals surface area contributed by atoms with E-state index in [0.717, 1.165) is 12.8 Å². The van der Waals surface area contributed by atoms with Crippen LogP contribution in [0.1, 0.15) is 47.0 Å². The molecule has 0 saturated carbocycles. The van der Waals surface area contributed by atoms with Gasteiger partial charge in [-0.3, -0.25) is 9.69 Å². The van der Waals surface area contributed by atoms with E-state index in [4.69, 9.17) is 9.47 Å². The van der Waals surface area contributed by atoms with Gasteiger partial charge in [-0.25, -0.2) is 9.59 Å². The molecule has 2 fully saturated rings. The highest BCUT2D eigenvalue weighted by Gasteiger charge is 2.51. The smallest absolute Gasteiger partial charge is 0.410 e. The van der Waals surface area contributed by atoms with Gasteiger partial charge in [0.25, 0.3) is 0 Å². The molecule has 1 unspecified atom stereocenters. The number of rotatable bonds is 2. The number of nitrogens with zero attached hydrogens (tertiary/aromatic N) is 2. The number of carbonyl (C=O) groups is 3. The average Bonchev–Trinajstić information content (AvgIpc) is 3.12. The van der Waals surface area contributed by atoms with Crippen molar-refractivity contribution in [3.63, 3.8) is 0 Å². The van der Waals surface area contributed by atoms with Crippen molar-refractivity contribution in [3.05, 3.63) is 12.2 Å². The first-order chi connectivity index (χ1) is 12.2. The Hall–Kier alpha value is -2.05. The van der Waals surface area contributed by atoms with E-state index in [-0.39, 0.29) is 30.4 Å². The Kier molecular flexibility index (Phi) is 4.99. The number of hydrogen-bond donors (Lipinski definition) is 0. The van der Waals surface area contributed by atoms with Gasteiger partial charge in [0, 0.05) is 12.5 Å². The zero-order chi connectivity index (χ0) is 19.1. The standard InChI is InChI=1S/C19H28N2O5/c1-5-25-17(23)14-9-8-13-7-6-12-10-11-20(15(12)16(22)21(13)14)18(24)26-19(2,3)4/h6-7,12-15H,5,8-11H2,1-4H3/t12-,13?,14-,15-/m0/s1. The third-order valence-corrected chi connectivity index (χ3v) is 5.15.